The van der Waals surface area contributed by atoms with Crippen LogP contribution in [0.4, 0.5) is 5.95 Å². The Labute approximate surface area is 106 Å². The number of rotatable bonds is 3. The predicted molar refractivity (Wildman–Crippen MR) is 69.1 cm³/mol. The highest BCUT2D eigenvalue weighted by atomic mass is 16.5. The summed E-state index contributed by atoms with van der Waals surface area (Å²) in [6.07, 6.45) is 2.41. The second-order valence-corrected chi connectivity index (χ2v) is 4.49. The SMILES string of the molecule is NCc1ccc(-c2nc(N3CCCC3)no2)cc1. The van der Waals surface area contributed by atoms with E-state index >= 15 is 0 Å². The molecule has 2 heterocycles. The highest BCUT2D eigenvalue weighted by Crippen LogP contribution is 2.22. The van der Waals surface area contributed by atoms with Crippen molar-refractivity contribution in [3.8, 4) is 11.5 Å². The summed E-state index contributed by atoms with van der Waals surface area (Å²) in [6, 6.07) is 7.89. The maximum Gasteiger partial charge on any atom is 0.266 e. The van der Waals surface area contributed by atoms with Crippen LogP contribution in [-0.4, -0.2) is 23.2 Å². The van der Waals surface area contributed by atoms with E-state index in [9.17, 15) is 0 Å². The van der Waals surface area contributed by atoms with Crippen molar-refractivity contribution < 1.29 is 4.52 Å². The third kappa shape index (κ3) is 2.09. The van der Waals surface area contributed by atoms with Gasteiger partial charge >= 0.3 is 0 Å². The van der Waals surface area contributed by atoms with Crippen LogP contribution in [0.3, 0.4) is 0 Å². The molecular formula is C13H16N4O. The van der Waals surface area contributed by atoms with E-state index in [1.165, 1.54) is 12.8 Å². The van der Waals surface area contributed by atoms with Gasteiger partial charge in [-0.2, -0.15) is 4.98 Å². The third-order valence-electron chi connectivity index (χ3n) is 3.24. The Morgan fingerprint density at radius 1 is 1.17 bits per heavy atom. The molecule has 1 aromatic heterocycles. The molecule has 3 rings (SSSR count). The molecule has 2 aromatic rings. The lowest BCUT2D eigenvalue weighted by atomic mass is 10.1. The fourth-order valence-electron chi connectivity index (χ4n) is 2.16. The van der Waals surface area contributed by atoms with E-state index < -0.39 is 0 Å². The molecule has 0 aliphatic carbocycles. The Bertz CT molecular complexity index is 514. The fourth-order valence-corrected chi connectivity index (χ4v) is 2.16. The molecule has 1 aliphatic heterocycles. The van der Waals surface area contributed by atoms with Crippen molar-refractivity contribution in [3.05, 3.63) is 29.8 Å². The van der Waals surface area contributed by atoms with Gasteiger partial charge in [0.05, 0.1) is 0 Å². The monoisotopic (exact) mass is 244 g/mol. The maximum absolute atomic E-state index is 5.57. The average Bonchev–Trinajstić information content (AvgIpc) is 3.09. The molecule has 0 unspecified atom stereocenters. The number of anilines is 1. The molecule has 5 heteroatoms. The van der Waals surface area contributed by atoms with E-state index in [0.717, 1.165) is 24.2 Å². The number of nitrogens with zero attached hydrogens (tertiary/aromatic N) is 3. The molecule has 18 heavy (non-hydrogen) atoms. The second kappa shape index (κ2) is 4.78. The first kappa shape index (κ1) is 11.2. The molecule has 0 bridgehead atoms. The molecule has 0 atom stereocenters. The number of hydrogen-bond acceptors (Lipinski definition) is 5. The molecule has 2 N–H and O–H groups in total. The Hall–Kier alpha value is -1.88. The first-order chi connectivity index (χ1) is 8.86. The smallest absolute Gasteiger partial charge is 0.266 e. The summed E-state index contributed by atoms with van der Waals surface area (Å²) in [7, 11) is 0. The summed E-state index contributed by atoms with van der Waals surface area (Å²) >= 11 is 0. The molecule has 0 amide bonds. The number of nitrogens with two attached hydrogens (primary N) is 1. The van der Waals surface area contributed by atoms with Gasteiger partial charge in [-0.25, -0.2) is 0 Å². The fraction of sp³-hybridized carbons (Fsp3) is 0.385. The lowest BCUT2D eigenvalue weighted by molar-refractivity contribution is 0.430. The van der Waals surface area contributed by atoms with E-state index in [0.29, 0.717) is 18.4 Å². The topological polar surface area (TPSA) is 68.2 Å². The normalized spacial score (nSPS) is 15.3. The zero-order chi connectivity index (χ0) is 12.4. The van der Waals surface area contributed by atoms with Gasteiger partial charge in [0.2, 0.25) is 0 Å². The predicted octanol–water partition coefficient (Wildman–Crippen LogP) is 1.80. The minimum atomic E-state index is 0.545. The molecule has 1 aromatic carbocycles. The molecule has 1 saturated heterocycles. The first-order valence-corrected chi connectivity index (χ1v) is 6.25. The van der Waals surface area contributed by atoms with Gasteiger partial charge in [-0.1, -0.05) is 12.1 Å². The second-order valence-electron chi connectivity index (χ2n) is 4.49. The van der Waals surface area contributed by atoms with Crippen molar-refractivity contribution in [2.45, 2.75) is 19.4 Å². The van der Waals surface area contributed by atoms with Crippen molar-refractivity contribution in [1.29, 1.82) is 0 Å². The molecule has 94 valence electrons. The largest absolute Gasteiger partial charge is 0.338 e. The van der Waals surface area contributed by atoms with Crippen LogP contribution in [0.15, 0.2) is 28.8 Å². The Kier molecular flexibility index (Phi) is 2.98. The summed E-state index contributed by atoms with van der Waals surface area (Å²) in [5, 5.41) is 4.03. The quantitative estimate of drug-likeness (QED) is 0.891. The van der Waals surface area contributed by atoms with Crippen LogP contribution in [0, 0.1) is 0 Å². The van der Waals surface area contributed by atoms with Crippen LogP contribution in [0.2, 0.25) is 0 Å². The average molecular weight is 244 g/mol. The van der Waals surface area contributed by atoms with Gasteiger partial charge in [-0.3, -0.25) is 0 Å². The van der Waals surface area contributed by atoms with Crippen molar-refractivity contribution >= 4 is 5.95 Å². The summed E-state index contributed by atoms with van der Waals surface area (Å²) in [6.45, 7) is 2.58. The molecule has 5 nitrogen and oxygen atoms in total. The van der Waals surface area contributed by atoms with E-state index in [2.05, 4.69) is 15.0 Å². The van der Waals surface area contributed by atoms with Crippen molar-refractivity contribution in [2.75, 3.05) is 18.0 Å². The van der Waals surface area contributed by atoms with Crippen LogP contribution >= 0.6 is 0 Å². The molecule has 1 aliphatic rings. The van der Waals surface area contributed by atoms with Crippen molar-refractivity contribution in [2.24, 2.45) is 5.73 Å². The molecular weight excluding hydrogens is 228 g/mol. The van der Waals surface area contributed by atoms with Crippen molar-refractivity contribution in [3.63, 3.8) is 0 Å². The van der Waals surface area contributed by atoms with Crippen LogP contribution in [0.25, 0.3) is 11.5 Å². The highest BCUT2D eigenvalue weighted by molar-refractivity contribution is 5.55. The maximum atomic E-state index is 5.57. The Morgan fingerprint density at radius 3 is 2.56 bits per heavy atom. The van der Waals surface area contributed by atoms with Crippen LogP contribution in [0.5, 0.6) is 0 Å². The van der Waals surface area contributed by atoms with Crippen LogP contribution in [0.1, 0.15) is 18.4 Å². The van der Waals surface area contributed by atoms with Crippen molar-refractivity contribution in [1.82, 2.24) is 10.1 Å². The van der Waals surface area contributed by atoms with Gasteiger partial charge in [0.1, 0.15) is 0 Å². The summed E-state index contributed by atoms with van der Waals surface area (Å²) in [5.74, 6) is 1.27. The minimum absolute atomic E-state index is 0.545. The van der Waals surface area contributed by atoms with E-state index in [-0.39, 0.29) is 0 Å². The minimum Gasteiger partial charge on any atom is -0.338 e. The molecule has 0 saturated carbocycles. The standard InChI is InChI=1S/C13H16N4O/c14-9-10-3-5-11(6-4-10)12-15-13(16-18-12)17-7-1-2-8-17/h3-6H,1-2,7-9,14H2. The Balaban J connectivity index is 1.82. The zero-order valence-corrected chi connectivity index (χ0v) is 10.2. The summed E-state index contributed by atoms with van der Waals surface area (Å²) < 4.78 is 5.30. The first-order valence-electron chi connectivity index (χ1n) is 6.25. The van der Waals surface area contributed by atoms with Crippen LogP contribution < -0.4 is 10.6 Å². The van der Waals surface area contributed by atoms with Gasteiger partial charge < -0.3 is 15.2 Å². The van der Waals surface area contributed by atoms with Gasteiger partial charge in [0.15, 0.2) is 0 Å². The van der Waals surface area contributed by atoms with E-state index in [1.807, 2.05) is 24.3 Å². The number of aromatic nitrogens is 2. The number of benzene rings is 1. The molecule has 0 spiro atoms. The lowest BCUT2D eigenvalue weighted by Crippen LogP contribution is -2.18. The summed E-state index contributed by atoms with van der Waals surface area (Å²) in [5.41, 5.74) is 7.60. The van der Waals surface area contributed by atoms with Crippen LogP contribution in [-0.2, 0) is 6.54 Å². The van der Waals surface area contributed by atoms with Gasteiger partial charge in [0, 0.05) is 25.2 Å². The lowest BCUT2D eigenvalue weighted by Gasteiger charge is -2.09. The number of hydrogen-bond donors (Lipinski definition) is 1. The molecule has 1 fully saturated rings. The van der Waals surface area contributed by atoms with Gasteiger partial charge in [0.25, 0.3) is 11.8 Å². The zero-order valence-electron chi connectivity index (χ0n) is 10.2. The van der Waals surface area contributed by atoms with Gasteiger partial charge in [-0.05, 0) is 35.7 Å². The third-order valence-corrected chi connectivity index (χ3v) is 3.24. The highest BCUT2D eigenvalue weighted by Gasteiger charge is 2.18. The molecule has 0 radical (unpaired) electrons. The Morgan fingerprint density at radius 2 is 1.89 bits per heavy atom. The van der Waals surface area contributed by atoms with Gasteiger partial charge in [-0.15, -0.1) is 0 Å². The summed E-state index contributed by atoms with van der Waals surface area (Å²) in [4.78, 5) is 6.59. The van der Waals surface area contributed by atoms with E-state index in [4.69, 9.17) is 10.3 Å². The van der Waals surface area contributed by atoms with E-state index in [1.54, 1.807) is 0 Å².